The number of carbonyl (C=O) groups is 1. The summed E-state index contributed by atoms with van der Waals surface area (Å²) in [6.45, 7) is 2.37. The number of carboxylic acids is 1. The summed E-state index contributed by atoms with van der Waals surface area (Å²) in [6, 6.07) is 17.4. The van der Waals surface area contributed by atoms with Gasteiger partial charge < -0.3 is 9.84 Å². The Labute approximate surface area is 184 Å². The lowest BCUT2D eigenvalue weighted by Gasteiger charge is -2.13. The fraction of sp³-hybridized carbons (Fsp3) is 0.160. The normalized spacial score (nSPS) is 10.8. The number of rotatable bonds is 8. The second-order valence-electron chi connectivity index (χ2n) is 7.48. The summed E-state index contributed by atoms with van der Waals surface area (Å²) in [4.78, 5) is 15.5. The van der Waals surface area contributed by atoms with Gasteiger partial charge in [-0.15, -0.1) is 0 Å². The van der Waals surface area contributed by atoms with Crippen LogP contribution in [0.4, 0.5) is 4.39 Å². The van der Waals surface area contributed by atoms with E-state index >= 15 is 0 Å². The number of aromatic carboxylic acids is 1. The Morgan fingerprint density at radius 2 is 1.81 bits per heavy atom. The number of nitrogens with zero attached hydrogens (tertiary/aromatic N) is 3. The molecule has 0 radical (unpaired) electrons. The predicted molar refractivity (Wildman–Crippen MR) is 118 cm³/mol. The number of aromatic nitrogens is 3. The molecule has 32 heavy (non-hydrogen) atoms. The summed E-state index contributed by atoms with van der Waals surface area (Å²) < 4.78 is 20.7. The molecule has 0 fully saturated rings. The molecule has 0 unspecified atom stereocenters. The average Bonchev–Trinajstić information content (AvgIpc) is 3.27. The fourth-order valence-electron chi connectivity index (χ4n) is 3.45. The number of pyridine rings is 1. The van der Waals surface area contributed by atoms with Gasteiger partial charge in [0.05, 0.1) is 11.8 Å². The number of hydrogen-bond acceptors (Lipinski definition) is 4. The molecular weight excluding hydrogens is 409 g/mol. The van der Waals surface area contributed by atoms with E-state index in [4.69, 9.17) is 4.74 Å². The Kier molecular flexibility index (Phi) is 6.26. The Morgan fingerprint density at radius 3 is 2.59 bits per heavy atom. The van der Waals surface area contributed by atoms with Crippen LogP contribution in [-0.2, 0) is 19.4 Å². The highest BCUT2D eigenvalue weighted by molar-refractivity contribution is 5.87. The molecule has 0 bridgehead atoms. The van der Waals surface area contributed by atoms with E-state index in [0.29, 0.717) is 18.3 Å². The van der Waals surface area contributed by atoms with Gasteiger partial charge in [-0.2, -0.15) is 9.78 Å². The maximum atomic E-state index is 13.2. The van der Waals surface area contributed by atoms with E-state index in [1.807, 2.05) is 19.1 Å². The lowest BCUT2D eigenvalue weighted by Crippen LogP contribution is -2.08. The Bertz CT molecular complexity index is 1240. The van der Waals surface area contributed by atoms with Gasteiger partial charge in [-0.3, -0.25) is 0 Å². The van der Waals surface area contributed by atoms with Gasteiger partial charge in [-0.25, -0.2) is 14.2 Å². The van der Waals surface area contributed by atoms with Crippen molar-refractivity contribution in [2.75, 3.05) is 0 Å². The minimum Gasteiger partial charge on any atom is -0.478 e. The van der Waals surface area contributed by atoms with Crippen LogP contribution >= 0.6 is 0 Å². The van der Waals surface area contributed by atoms with E-state index in [1.165, 1.54) is 35.1 Å². The summed E-state index contributed by atoms with van der Waals surface area (Å²) in [6.07, 6.45) is 4.60. The van der Waals surface area contributed by atoms with Crippen molar-refractivity contribution < 1.29 is 19.0 Å². The molecule has 0 spiro atoms. The van der Waals surface area contributed by atoms with Crippen molar-refractivity contribution in [2.45, 2.75) is 26.4 Å². The van der Waals surface area contributed by atoms with Gasteiger partial charge in [0.2, 0.25) is 5.88 Å². The molecule has 7 heteroatoms. The molecule has 0 atom stereocenters. The number of carboxylic acid groups (broad SMARTS) is 1. The predicted octanol–water partition coefficient (Wildman–Crippen LogP) is 4.78. The molecule has 4 rings (SSSR count). The first-order valence-electron chi connectivity index (χ1n) is 10.2. The van der Waals surface area contributed by atoms with Gasteiger partial charge in [0.15, 0.2) is 5.82 Å². The van der Waals surface area contributed by atoms with Crippen LogP contribution in [0, 0.1) is 12.7 Å². The third-order valence-corrected chi connectivity index (χ3v) is 5.15. The maximum Gasteiger partial charge on any atom is 0.335 e. The second-order valence-corrected chi connectivity index (χ2v) is 7.48. The fourth-order valence-corrected chi connectivity index (χ4v) is 3.45. The van der Waals surface area contributed by atoms with Gasteiger partial charge in [-0.1, -0.05) is 35.9 Å². The number of hydrogen-bond donors (Lipinski definition) is 1. The SMILES string of the molecule is Cc1ccc(COc2ccnn2-c2cc(C(=O)O)ccn2)c(CCc2ccc(F)cc2)c1. The van der Waals surface area contributed by atoms with Crippen molar-refractivity contribution in [1.29, 1.82) is 0 Å². The van der Waals surface area contributed by atoms with E-state index in [0.717, 1.165) is 35.1 Å². The van der Waals surface area contributed by atoms with Crippen molar-refractivity contribution in [3.05, 3.63) is 107 Å². The van der Waals surface area contributed by atoms with Crippen LogP contribution in [0.25, 0.3) is 5.82 Å². The van der Waals surface area contributed by atoms with Crippen molar-refractivity contribution in [1.82, 2.24) is 14.8 Å². The zero-order valence-electron chi connectivity index (χ0n) is 17.5. The third kappa shape index (κ3) is 5.00. The van der Waals surface area contributed by atoms with Crippen LogP contribution in [0.3, 0.4) is 0 Å². The lowest BCUT2D eigenvalue weighted by atomic mass is 9.98. The van der Waals surface area contributed by atoms with Crippen LogP contribution in [0.1, 0.15) is 32.6 Å². The zero-order valence-corrected chi connectivity index (χ0v) is 17.5. The molecule has 0 aliphatic rings. The summed E-state index contributed by atoms with van der Waals surface area (Å²) in [5.41, 5.74) is 4.55. The molecule has 4 aromatic rings. The molecule has 2 aromatic heterocycles. The van der Waals surface area contributed by atoms with Crippen molar-refractivity contribution in [2.24, 2.45) is 0 Å². The molecule has 2 heterocycles. The van der Waals surface area contributed by atoms with E-state index in [2.05, 4.69) is 16.1 Å². The Balaban J connectivity index is 1.50. The molecule has 6 nitrogen and oxygen atoms in total. The highest BCUT2D eigenvalue weighted by Crippen LogP contribution is 2.21. The van der Waals surface area contributed by atoms with Crippen molar-refractivity contribution in [3.8, 4) is 11.7 Å². The molecule has 0 aliphatic carbocycles. The highest BCUT2D eigenvalue weighted by atomic mass is 19.1. The molecular formula is C25H22FN3O3. The monoisotopic (exact) mass is 431 g/mol. The summed E-state index contributed by atoms with van der Waals surface area (Å²) in [5, 5.41) is 13.4. The van der Waals surface area contributed by atoms with E-state index in [9.17, 15) is 14.3 Å². The zero-order chi connectivity index (χ0) is 22.5. The van der Waals surface area contributed by atoms with Gasteiger partial charge in [0.25, 0.3) is 0 Å². The van der Waals surface area contributed by atoms with Gasteiger partial charge in [0.1, 0.15) is 12.4 Å². The van der Waals surface area contributed by atoms with Crippen LogP contribution in [0.2, 0.25) is 0 Å². The van der Waals surface area contributed by atoms with E-state index in [-0.39, 0.29) is 11.4 Å². The van der Waals surface area contributed by atoms with Crippen LogP contribution in [0.15, 0.2) is 73.1 Å². The standard InChI is InChI=1S/C25H22FN3O3/c1-17-2-6-21(19(14-17)7-3-18-4-8-22(26)9-5-18)16-32-24-11-13-28-29(24)23-15-20(25(30)31)10-12-27-23/h2,4-6,8-15H,3,7,16H2,1H3,(H,30,31). The van der Waals surface area contributed by atoms with Crippen LogP contribution in [0.5, 0.6) is 5.88 Å². The number of ether oxygens (including phenoxy) is 1. The maximum absolute atomic E-state index is 13.2. The average molecular weight is 431 g/mol. The first-order chi connectivity index (χ1) is 15.5. The van der Waals surface area contributed by atoms with Gasteiger partial charge in [0, 0.05) is 12.3 Å². The molecule has 0 saturated heterocycles. The summed E-state index contributed by atoms with van der Waals surface area (Å²) >= 11 is 0. The number of benzene rings is 2. The second kappa shape index (κ2) is 9.43. The topological polar surface area (TPSA) is 77.2 Å². The van der Waals surface area contributed by atoms with Crippen molar-refractivity contribution >= 4 is 5.97 Å². The Morgan fingerprint density at radius 1 is 1.00 bits per heavy atom. The highest BCUT2D eigenvalue weighted by Gasteiger charge is 2.12. The number of aryl methyl sites for hydroxylation is 3. The van der Waals surface area contributed by atoms with Gasteiger partial charge >= 0.3 is 5.97 Å². The molecule has 2 aromatic carbocycles. The van der Waals surface area contributed by atoms with Crippen molar-refractivity contribution in [3.63, 3.8) is 0 Å². The smallest absolute Gasteiger partial charge is 0.335 e. The molecule has 0 saturated carbocycles. The van der Waals surface area contributed by atoms with E-state index < -0.39 is 5.97 Å². The molecule has 0 amide bonds. The lowest BCUT2D eigenvalue weighted by molar-refractivity contribution is 0.0696. The van der Waals surface area contributed by atoms with Crippen LogP contribution < -0.4 is 4.74 Å². The van der Waals surface area contributed by atoms with E-state index in [1.54, 1.807) is 24.4 Å². The molecule has 0 aliphatic heterocycles. The molecule has 1 N–H and O–H groups in total. The Hall–Kier alpha value is -4.00. The first-order valence-corrected chi connectivity index (χ1v) is 10.2. The largest absolute Gasteiger partial charge is 0.478 e. The van der Waals surface area contributed by atoms with Gasteiger partial charge in [-0.05, 0) is 60.7 Å². The van der Waals surface area contributed by atoms with Crippen LogP contribution in [-0.4, -0.2) is 25.8 Å². The molecule has 162 valence electrons. The number of halogens is 1. The summed E-state index contributed by atoms with van der Waals surface area (Å²) in [5.74, 6) is -0.442. The minimum absolute atomic E-state index is 0.123. The minimum atomic E-state index is -1.03. The summed E-state index contributed by atoms with van der Waals surface area (Å²) in [7, 11) is 0. The first kappa shape index (κ1) is 21.2. The third-order valence-electron chi connectivity index (χ3n) is 5.15. The quantitative estimate of drug-likeness (QED) is 0.435.